The second-order valence-corrected chi connectivity index (χ2v) is 5.13. The van der Waals surface area contributed by atoms with Crippen LogP contribution in [0.15, 0.2) is 18.2 Å². The Kier molecular flexibility index (Phi) is 5.44. The number of carbonyl (C=O) groups is 2. The van der Waals surface area contributed by atoms with Crippen molar-refractivity contribution >= 4 is 40.9 Å². The van der Waals surface area contributed by atoms with Crippen molar-refractivity contribution in [1.82, 2.24) is 5.32 Å². The van der Waals surface area contributed by atoms with Crippen molar-refractivity contribution in [1.29, 1.82) is 0 Å². The van der Waals surface area contributed by atoms with Gasteiger partial charge >= 0.3 is 12.0 Å². The lowest BCUT2D eigenvalue weighted by atomic mass is 10.1. The van der Waals surface area contributed by atoms with Crippen LogP contribution in [-0.4, -0.2) is 23.1 Å². The van der Waals surface area contributed by atoms with E-state index < -0.39 is 18.0 Å². The average Bonchev–Trinajstić information content (AvgIpc) is 2.29. The number of amides is 2. The molecule has 0 bridgehead atoms. The van der Waals surface area contributed by atoms with Gasteiger partial charge in [0.2, 0.25) is 0 Å². The van der Waals surface area contributed by atoms with E-state index in [2.05, 4.69) is 10.6 Å². The molecule has 1 rings (SSSR count). The largest absolute Gasteiger partial charge is 0.480 e. The summed E-state index contributed by atoms with van der Waals surface area (Å²) in [5, 5.41) is 14.5. The summed E-state index contributed by atoms with van der Waals surface area (Å²) in [5.41, 5.74) is 0.358. The zero-order valence-electron chi connectivity index (χ0n) is 10.4. The van der Waals surface area contributed by atoms with Crippen molar-refractivity contribution in [2.45, 2.75) is 19.9 Å². The monoisotopic (exact) mass is 304 g/mol. The summed E-state index contributed by atoms with van der Waals surface area (Å²) >= 11 is 11.6. The number of hydrogen-bond donors (Lipinski definition) is 3. The molecule has 0 fully saturated rings. The number of halogens is 2. The van der Waals surface area contributed by atoms with E-state index in [-0.39, 0.29) is 10.9 Å². The Labute approximate surface area is 120 Å². The van der Waals surface area contributed by atoms with Gasteiger partial charge in [0.1, 0.15) is 6.04 Å². The number of urea groups is 1. The van der Waals surface area contributed by atoms with Gasteiger partial charge in [-0.05, 0) is 24.1 Å². The molecule has 0 aromatic heterocycles. The lowest BCUT2D eigenvalue weighted by Crippen LogP contribution is -2.46. The van der Waals surface area contributed by atoms with Crippen LogP contribution in [0.2, 0.25) is 10.0 Å². The van der Waals surface area contributed by atoms with Gasteiger partial charge in [0.25, 0.3) is 0 Å². The van der Waals surface area contributed by atoms with Crippen molar-refractivity contribution in [2.75, 3.05) is 5.32 Å². The van der Waals surface area contributed by atoms with Crippen molar-refractivity contribution in [2.24, 2.45) is 5.92 Å². The zero-order valence-corrected chi connectivity index (χ0v) is 11.9. The van der Waals surface area contributed by atoms with E-state index in [9.17, 15) is 9.59 Å². The van der Waals surface area contributed by atoms with Gasteiger partial charge < -0.3 is 15.7 Å². The Hall–Kier alpha value is -1.46. The molecule has 7 heteroatoms. The van der Waals surface area contributed by atoms with E-state index in [1.165, 1.54) is 12.1 Å². The lowest BCUT2D eigenvalue weighted by molar-refractivity contribution is -0.140. The quantitative estimate of drug-likeness (QED) is 0.799. The Morgan fingerprint density at radius 2 is 1.89 bits per heavy atom. The first kappa shape index (κ1) is 15.6. The number of carboxylic acids is 1. The summed E-state index contributed by atoms with van der Waals surface area (Å²) in [5.74, 6) is -1.32. The molecule has 1 atom stereocenters. The number of rotatable bonds is 4. The van der Waals surface area contributed by atoms with Gasteiger partial charge in [-0.25, -0.2) is 9.59 Å². The molecule has 2 amide bonds. The predicted octanol–water partition coefficient (Wildman–Crippen LogP) is 3.22. The lowest BCUT2D eigenvalue weighted by Gasteiger charge is -2.18. The highest BCUT2D eigenvalue weighted by Crippen LogP contribution is 2.25. The number of hydrogen-bond acceptors (Lipinski definition) is 2. The van der Waals surface area contributed by atoms with E-state index in [0.29, 0.717) is 10.7 Å². The first-order valence-electron chi connectivity index (χ1n) is 5.56. The Bertz CT molecular complexity index is 492. The van der Waals surface area contributed by atoms with Crippen LogP contribution in [0.5, 0.6) is 0 Å². The topological polar surface area (TPSA) is 78.4 Å². The van der Waals surface area contributed by atoms with Crippen LogP contribution < -0.4 is 10.6 Å². The Morgan fingerprint density at radius 3 is 2.37 bits per heavy atom. The van der Waals surface area contributed by atoms with Gasteiger partial charge in [-0.2, -0.15) is 0 Å². The van der Waals surface area contributed by atoms with Crippen molar-refractivity contribution in [3.63, 3.8) is 0 Å². The van der Waals surface area contributed by atoms with Crippen molar-refractivity contribution < 1.29 is 14.7 Å². The predicted molar refractivity (Wildman–Crippen MR) is 74.9 cm³/mol. The van der Waals surface area contributed by atoms with Crippen LogP contribution in [-0.2, 0) is 4.79 Å². The molecule has 104 valence electrons. The molecule has 0 spiro atoms. The van der Waals surface area contributed by atoms with E-state index in [0.717, 1.165) is 0 Å². The minimum atomic E-state index is -1.09. The molecule has 5 nitrogen and oxygen atoms in total. The second-order valence-electron chi connectivity index (χ2n) is 4.28. The third-order valence-corrected chi connectivity index (χ3v) is 2.95. The number of nitrogens with one attached hydrogen (secondary N) is 2. The highest BCUT2D eigenvalue weighted by Gasteiger charge is 2.23. The third kappa shape index (κ3) is 4.61. The Balaban J connectivity index is 2.72. The molecule has 0 aliphatic heterocycles. The summed E-state index contributed by atoms with van der Waals surface area (Å²) < 4.78 is 0. The fraction of sp³-hybridized carbons (Fsp3) is 0.333. The molecule has 1 aromatic carbocycles. The minimum absolute atomic E-state index is 0.232. The van der Waals surface area contributed by atoms with Gasteiger partial charge in [-0.3, -0.25) is 0 Å². The summed E-state index contributed by atoms with van der Waals surface area (Å²) in [4.78, 5) is 22.6. The molecule has 0 saturated carbocycles. The molecule has 0 aliphatic carbocycles. The Morgan fingerprint density at radius 1 is 1.26 bits per heavy atom. The maximum Gasteiger partial charge on any atom is 0.326 e. The standard InChI is InChI=1S/C12H14Cl2N2O3/c1-6(2)10(11(17)18)16-12(19)15-9-4-3-7(13)5-8(9)14/h3-6,10H,1-2H3,(H,17,18)(H2,15,16,19). The fourth-order valence-electron chi connectivity index (χ4n) is 1.40. The zero-order chi connectivity index (χ0) is 14.6. The minimum Gasteiger partial charge on any atom is -0.480 e. The molecule has 19 heavy (non-hydrogen) atoms. The van der Waals surface area contributed by atoms with Crippen LogP contribution in [0, 0.1) is 5.92 Å². The molecule has 0 aliphatic rings. The summed E-state index contributed by atoms with van der Waals surface area (Å²) in [7, 11) is 0. The van der Waals surface area contributed by atoms with E-state index in [1.54, 1.807) is 19.9 Å². The molecular weight excluding hydrogens is 291 g/mol. The van der Waals surface area contributed by atoms with Crippen LogP contribution in [0.1, 0.15) is 13.8 Å². The van der Waals surface area contributed by atoms with E-state index >= 15 is 0 Å². The highest BCUT2D eigenvalue weighted by molar-refractivity contribution is 6.36. The first-order valence-corrected chi connectivity index (χ1v) is 6.32. The molecule has 0 radical (unpaired) electrons. The molecule has 0 heterocycles. The molecule has 0 saturated heterocycles. The average molecular weight is 305 g/mol. The summed E-state index contributed by atoms with van der Waals surface area (Å²) in [6.45, 7) is 3.41. The third-order valence-electron chi connectivity index (χ3n) is 2.40. The number of benzene rings is 1. The first-order chi connectivity index (χ1) is 8.81. The molecular formula is C12H14Cl2N2O3. The number of aliphatic carboxylic acids is 1. The number of anilines is 1. The smallest absolute Gasteiger partial charge is 0.326 e. The van der Waals surface area contributed by atoms with Gasteiger partial charge in [0, 0.05) is 5.02 Å². The normalized spacial score (nSPS) is 12.1. The van der Waals surface area contributed by atoms with E-state index in [4.69, 9.17) is 28.3 Å². The van der Waals surface area contributed by atoms with Gasteiger partial charge in [-0.1, -0.05) is 37.0 Å². The summed E-state index contributed by atoms with van der Waals surface area (Å²) in [6, 6.07) is 2.99. The van der Waals surface area contributed by atoms with Crippen molar-refractivity contribution in [3.8, 4) is 0 Å². The maximum atomic E-state index is 11.7. The van der Waals surface area contributed by atoms with Gasteiger partial charge in [-0.15, -0.1) is 0 Å². The van der Waals surface area contributed by atoms with Crippen LogP contribution >= 0.6 is 23.2 Å². The van der Waals surface area contributed by atoms with Crippen molar-refractivity contribution in [3.05, 3.63) is 28.2 Å². The maximum absolute atomic E-state index is 11.7. The van der Waals surface area contributed by atoms with Gasteiger partial charge in [0.15, 0.2) is 0 Å². The highest BCUT2D eigenvalue weighted by atomic mass is 35.5. The molecule has 3 N–H and O–H groups in total. The van der Waals surface area contributed by atoms with Crippen LogP contribution in [0.25, 0.3) is 0 Å². The second kappa shape index (κ2) is 6.63. The van der Waals surface area contributed by atoms with E-state index in [1.807, 2.05) is 0 Å². The number of carbonyl (C=O) groups excluding carboxylic acids is 1. The summed E-state index contributed by atoms with van der Waals surface area (Å²) in [6.07, 6.45) is 0. The van der Waals surface area contributed by atoms with Crippen LogP contribution in [0.4, 0.5) is 10.5 Å². The molecule has 1 aromatic rings. The van der Waals surface area contributed by atoms with Crippen LogP contribution in [0.3, 0.4) is 0 Å². The van der Waals surface area contributed by atoms with Gasteiger partial charge in [0.05, 0.1) is 10.7 Å². The number of carboxylic acid groups (broad SMARTS) is 1. The molecule has 1 unspecified atom stereocenters. The fourth-order valence-corrected chi connectivity index (χ4v) is 1.86. The SMILES string of the molecule is CC(C)C(NC(=O)Nc1ccc(Cl)cc1Cl)C(=O)O.